The molecule has 0 saturated carbocycles. The van der Waals surface area contributed by atoms with Crippen molar-refractivity contribution >= 4 is 5.82 Å². The largest absolute Gasteiger partial charge is 0.497 e. The zero-order valence-corrected chi connectivity index (χ0v) is 10.7. The Hall–Kier alpha value is -1.97. The summed E-state index contributed by atoms with van der Waals surface area (Å²) in [5.41, 5.74) is 10.7. The maximum absolute atomic E-state index is 5.99. The van der Waals surface area contributed by atoms with Crippen LogP contribution in [-0.2, 0) is 12.8 Å². The van der Waals surface area contributed by atoms with Crippen LogP contribution in [0.1, 0.15) is 23.2 Å². The molecule has 0 saturated heterocycles. The molecule has 1 aromatic carbocycles. The first-order valence-electron chi connectivity index (χ1n) is 6.22. The third kappa shape index (κ3) is 1.56. The van der Waals surface area contributed by atoms with Crippen molar-refractivity contribution in [2.45, 2.75) is 26.2 Å². The molecule has 0 spiro atoms. The van der Waals surface area contributed by atoms with E-state index in [2.05, 4.69) is 12.0 Å². The zero-order valence-electron chi connectivity index (χ0n) is 10.7. The maximum Gasteiger partial charge on any atom is 0.149 e. The van der Waals surface area contributed by atoms with Crippen LogP contribution < -0.4 is 10.5 Å². The number of methoxy groups -OCH3 is 1. The summed E-state index contributed by atoms with van der Waals surface area (Å²) in [6.07, 6.45) is 3.26. The van der Waals surface area contributed by atoms with Gasteiger partial charge in [-0.3, -0.25) is 0 Å². The molecule has 1 aliphatic rings. The van der Waals surface area contributed by atoms with E-state index >= 15 is 0 Å². The lowest BCUT2D eigenvalue weighted by Crippen LogP contribution is -2.04. The molecule has 1 aliphatic carbocycles. The van der Waals surface area contributed by atoms with E-state index in [4.69, 9.17) is 10.5 Å². The first kappa shape index (κ1) is 11.1. The number of hydrogen-bond acceptors (Lipinski definition) is 3. The highest BCUT2D eigenvalue weighted by Gasteiger charge is 2.22. The van der Waals surface area contributed by atoms with Crippen LogP contribution in [0.15, 0.2) is 18.2 Å². The highest BCUT2D eigenvalue weighted by Crippen LogP contribution is 2.31. The van der Waals surface area contributed by atoms with Gasteiger partial charge in [0.1, 0.15) is 11.6 Å². The Morgan fingerprint density at radius 2 is 2.17 bits per heavy atom. The van der Waals surface area contributed by atoms with Crippen LogP contribution in [0.5, 0.6) is 5.75 Å². The van der Waals surface area contributed by atoms with Crippen LogP contribution in [0.3, 0.4) is 0 Å². The monoisotopic (exact) mass is 243 g/mol. The number of nitrogens with two attached hydrogens (primary N) is 1. The van der Waals surface area contributed by atoms with E-state index in [1.54, 1.807) is 7.11 Å². The predicted octanol–water partition coefficient (Wildman–Crippen LogP) is 2.26. The van der Waals surface area contributed by atoms with Gasteiger partial charge in [-0.05, 0) is 37.8 Å². The molecule has 0 amide bonds. The minimum atomic E-state index is 0.671. The molecule has 18 heavy (non-hydrogen) atoms. The smallest absolute Gasteiger partial charge is 0.149 e. The third-order valence-electron chi connectivity index (χ3n) is 3.61. The van der Waals surface area contributed by atoms with Gasteiger partial charge in [-0.1, -0.05) is 6.07 Å². The molecule has 0 aliphatic heterocycles. The molecule has 2 N–H and O–H groups in total. The molecule has 1 heterocycles. The van der Waals surface area contributed by atoms with Crippen LogP contribution >= 0.6 is 0 Å². The molecule has 0 unspecified atom stereocenters. The fraction of sp³-hybridized carbons (Fsp3) is 0.357. The minimum absolute atomic E-state index is 0.671. The summed E-state index contributed by atoms with van der Waals surface area (Å²) >= 11 is 0. The van der Waals surface area contributed by atoms with Crippen molar-refractivity contribution in [3.8, 4) is 11.4 Å². The average Bonchev–Trinajstić information content (AvgIpc) is 2.95. The number of hydrogen-bond donors (Lipinski definition) is 1. The Kier molecular flexibility index (Phi) is 2.51. The number of ether oxygens (including phenoxy) is 1. The SMILES string of the molecule is COc1ccc(C)c(-n2nc(N)c3c2CCC3)c1. The number of aromatic nitrogens is 2. The van der Waals surface area contributed by atoms with Crippen molar-refractivity contribution in [2.75, 3.05) is 12.8 Å². The van der Waals surface area contributed by atoms with E-state index in [1.165, 1.54) is 23.2 Å². The van der Waals surface area contributed by atoms with Gasteiger partial charge in [0, 0.05) is 17.3 Å². The van der Waals surface area contributed by atoms with Gasteiger partial charge in [0.25, 0.3) is 0 Å². The van der Waals surface area contributed by atoms with E-state index in [0.717, 1.165) is 24.3 Å². The van der Waals surface area contributed by atoms with Gasteiger partial charge in [0.05, 0.1) is 12.8 Å². The number of fused-ring (bicyclic) bond motifs is 1. The molecule has 3 rings (SSSR count). The second-order valence-electron chi connectivity index (χ2n) is 4.73. The minimum Gasteiger partial charge on any atom is -0.497 e. The standard InChI is InChI=1S/C14H17N3O/c1-9-6-7-10(18-2)8-13(9)17-12-5-3-4-11(12)14(15)16-17/h6-8H,3-5H2,1-2H3,(H2,15,16). The van der Waals surface area contributed by atoms with E-state index in [1.807, 2.05) is 22.9 Å². The molecule has 4 heteroatoms. The van der Waals surface area contributed by atoms with Gasteiger partial charge in [-0.2, -0.15) is 5.10 Å². The Balaban J connectivity index is 2.18. The number of benzene rings is 1. The Labute approximate surface area is 106 Å². The molecule has 0 radical (unpaired) electrons. The third-order valence-corrected chi connectivity index (χ3v) is 3.61. The lowest BCUT2D eigenvalue weighted by Gasteiger charge is -2.10. The topological polar surface area (TPSA) is 53.1 Å². The number of anilines is 1. The first-order valence-corrected chi connectivity index (χ1v) is 6.22. The fourth-order valence-electron chi connectivity index (χ4n) is 2.61. The summed E-state index contributed by atoms with van der Waals surface area (Å²) in [5.74, 6) is 1.51. The van der Waals surface area contributed by atoms with E-state index < -0.39 is 0 Å². The van der Waals surface area contributed by atoms with Gasteiger partial charge < -0.3 is 10.5 Å². The lowest BCUT2D eigenvalue weighted by molar-refractivity contribution is 0.414. The Morgan fingerprint density at radius 1 is 1.33 bits per heavy atom. The van der Waals surface area contributed by atoms with Crippen LogP contribution in [0.2, 0.25) is 0 Å². The second kappa shape index (κ2) is 4.05. The summed E-state index contributed by atoms with van der Waals surface area (Å²) in [6.45, 7) is 2.08. The van der Waals surface area contributed by atoms with Crippen molar-refractivity contribution in [2.24, 2.45) is 0 Å². The molecule has 4 nitrogen and oxygen atoms in total. The van der Waals surface area contributed by atoms with Crippen LogP contribution in [0, 0.1) is 6.92 Å². The highest BCUT2D eigenvalue weighted by atomic mass is 16.5. The van der Waals surface area contributed by atoms with Crippen LogP contribution in [0.4, 0.5) is 5.82 Å². The van der Waals surface area contributed by atoms with Gasteiger partial charge >= 0.3 is 0 Å². The molecule has 2 aromatic rings. The molecular formula is C14H17N3O. The molecule has 94 valence electrons. The number of aryl methyl sites for hydroxylation is 1. The zero-order chi connectivity index (χ0) is 12.7. The molecule has 1 aromatic heterocycles. The predicted molar refractivity (Wildman–Crippen MR) is 71.3 cm³/mol. The molecule has 0 atom stereocenters. The van der Waals surface area contributed by atoms with Gasteiger partial charge in [0.15, 0.2) is 0 Å². The second-order valence-corrected chi connectivity index (χ2v) is 4.73. The van der Waals surface area contributed by atoms with Crippen LogP contribution in [0.25, 0.3) is 5.69 Å². The highest BCUT2D eigenvalue weighted by molar-refractivity contribution is 5.52. The Morgan fingerprint density at radius 3 is 2.94 bits per heavy atom. The molecular weight excluding hydrogens is 226 g/mol. The van der Waals surface area contributed by atoms with E-state index in [9.17, 15) is 0 Å². The molecule has 0 fully saturated rings. The summed E-state index contributed by atoms with van der Waals surface area (Å²) in [7, 11) is 1.68. The average molecular weight is 243 g/mol. The summed E-state index contributed by atoms with van der Waals surface area (Å²) in [6, 6.07) is 6.03. The van der Waals surface area contributed by atoms with Crippen molar-refractivity contribution in [1.29, 1.82) is 0 Å². The normalized spacial score (nSPS) is 13.7. The number of nitrogens with zero attached hydrogens (tertiary/aromatic N) is 2. The summed E-state index contributed by atoms with van der Waals surface area (Å²) in [5, 5.41) is 4.48. The number of rotatable bonds is 2. The van der Waals surface area contributed by atoms with E-state index in [-0.39, 0.29) is 0 Å². The first-order chi connectivity index (χ1) is 8.70. The van der Waals surface area contributed by atoms with Crippen molar-refractivity contribution in [1.82, 2.24) is 9.78 Å². The van der Waals surface area contributed by atoms with E-state index in [0.29, 0.717) is 5.82 Å². The van der Waals surface area contributed by atoms with Crippen molar-refractivity contribution < 1.29 is 4.74 Å². The van der Waals surface area contributed by atoms with Gasteiger partial charge in [0.2, 0.25) is 0 Å². The van der Waals surface area contributed by atoms with Gasteiger partial charge in [-0.25, -0.2) is 4.68 Å². The lowest BCUT2D eigenvalue weighted by atomic mass is 10.2. The summed E-state index contributed by atoms with van der Waals surface area (Å²) in [4.78, 5) is 0. The van der Waals surface area contributed by atoms with Crippen LogP contribution in [-0.4, -0.2) is 16.9 Å². The van der Waals surface area contributed by atoms with Gasteiger partial charge in [-0.15, -0.1) is 0 Å². The summed E-state index contributed by atoms with van der Waals surface area (Å²) < 4.78 is 7.27. The quantitative estimate of drug-likeness (QED) is 0.880. The Bertz CT molecular complexity index is 601. The van der Waals surface area contributed by atoms with Crippen molar-refractivity contribution in [3.05, 3.63) is 35.0 Å². The fourth-order valence-corrected chi connectivity index (χ4v) is 2.61. The van der Waals surface area contributed by atoms with Crippen molar-refractivity contribution in [3.63, 3.8) is 0 Å². The molecule has 0 bridgehead atoms. The number of nitrogen functional groups attached to an aromatic ring is 1. The maximum atomic E-state index is 5.99.